The lowest BCUT2D eigenvalue weighted by atomic mass is 10.2. The molecule has 3 rings (SSSR count). The molecule has 5 heteroatoms. The van der Waals surface area contributed by atoms with Crippen molar-refractivity contribution in [3.63, 3.8) is 0 Å². The fourth-order valence-electron chi connectivity index (χ4n) is 1.95. The van der Waals surface area contributed by atoms with Gasteiger partial charge in [-0.2, -0.15) is 0 Å². The number of benzene rings is 1. The fourth-order valence-corrected chi connectivity index (χ4v) is 3.05. The van der Waals surface area contributed by atoms with Crippen LogP contribution in [0.5, 0.6) is 0 Å². The first-order valence-corrected chi connectivity index (χ1v) is 7.13. The third-order valence-electron chi connectivity index (χ3n) is 2.87. The van der Waals surface area contributed by atoms with E-state index in [1.54, 1.807) is 11.3 Å². The van der Waals surface area contributed by atoms with E-state index >= 15 is 0 Å². The number of nitrogens with zero attached hydrogens (tertiary/aromatic N) is 1. The second kappa shape index (κ2) is 5.36. The van der Waals surface area contributed by atoms with Gasteiger partial charge in [0, 0.05) is 29.1 Å². The molecule has 1 saturated heterocycles. The Morgan fingerprint density at radius 1 is 1.39 bits per heavy atom. The molecule has 2 heterocycles. The zero-order valence-corrected chi connectivity index (χ0v) is 11.3. The van der Waals surface area contributed by atoms with Crippen molar-refractivity contribution in [2.45, 2.75) is 6.10 Å². The first kappa shape index (κ1) is 12.1. The summed E-state index contributed by atoms with van der Waals surface area (Å²) in [7, 11) is 0. The van der Waals surface area contributed by atoms with E-state index in [1.165, 1.54) is 0 Å². The lowest BCUT2D eigenvalue weighted by Gasteiger charge is -2.21. The number of morpholine rings is 1. The molecule has 1 aromatic carbocycles. The van der Waals surface area contributed by atoms with Crippen LogP contribution in [0.4, 0.5) is 0 Å². The number of aromatic nitrogens is 1. The number of rotatable bonds is 2. The summed E-state index contributed by atoms with van der Waals surface area (Å²) in [6, 6.07) is 7.77. The van der Waals surface area contributed by atoms with Gasteiger partial charge in [0.05, 0.1) is 12.3 Å². The van der Waals surface area contributed by atoms with Gasteiger partial charge in [-0.3, -0.25) is 0 Å². The molecule has 1 aliphatic rings. The summed E-state index contributed by atoms with van der Waals surface area (Å²) in [5.41, 5.74) is 1.90. The zero-order chi connectivity index (χ0) is 12.4. The van der Waals surface area contributed by atoms with Gasteiger partial charge in [-0.25, -0.2) is 4.98 Å². The number of hydrogen-bond acceptors (Lipinski definition) is 4. The topological polar surface area (TPSA) is 34.1 Å². The lowest BCUT2D eigenvalue weighted by molar-refractivity contribution is 0.0276. The number of nitrogens with one attached hydrogen (secondary N) is 1. The zero-order valence-electron chi connectivity index (χ0n) is 9.73. The highest BCUT2D eigenvalue weighted by Crippen LogP contribution is 2.31. The monoisotopic (exact) mass is 280 g/mol. The maximum absolute atomic E-state index is 6.17. The molecule has 18 heavy (non-hydrogen) atoms. The molecule has 0 saturated carbocycles. The van der Waals surface area contributed by atoms with Gasteiger partial charge < -0.3 is 10.1 Å². The van der Waals surface area contributed by atoms with E-state index in [1.807, 2.05) is 29.6 Å². The SMILES string of the molecule is Clc1ccccc1-c1csc(C2CNCCO2)n1. The number of hydrogen-bond donors (Lipinski definition) is 1. The van der Waals surface area contributed by atoms with Crippen LogP contribution in [0.15, 0.2) is 29.6 Å². The average Bonchev–Trinajstić information content (AvgIpc) is 2.90. The van der Waals surface area contributed by atoms with E-state index in [-0.39, 0.29) is 6.10 Å². The predicted octanol–water partition coefficient (Wildman–Crippen LogP) is 3.12. The molecule has 1 atom stereocenters. The van der Waals surface area contributed by atoms with Gasteiger partial charge in [-0.15, -0.1) is 11.3 Å². The lowest BCUT2D eigenvalue weighted by Crippen LogP contribution is -2.33. The maximum Gasteiger partial charge on any atom is 0.124 e. The molecule has 1 fully saturated rings. The van der Waals surface area contributed by atoms with Crippen molar-refractivity contribution in [1.82, 2.24) is 10.3 Å². The quantitative estimate of drug-likeness (QED) is 0.918. The third kappa shape index (κ3) is 2.42. The Morgan fingerprint density at radius 3 is 3.06 bits per heavy atom. The first-order chi connectivity index (χ1) is 8.84. The van der Waals surface area contributed by atoms with Crippen molar-refractivity contribution >= 4 is 22.9 Å². The van der Waals surface area contributed by atoms with E-state index < -0.39 is 0 Å². The summed E-state index contributed by atoms with van der Waals surface area (Å²) in [4.78, 5) is 4.63. The van der Waals surface area contributed by atoms with E-state index in [4.69, 9.17) is 16.3 Å². The Hall–Kier alpha value is -0.940. The van der Waals surface area contributed by atoms with Crippen LogP contribution in [0.1, 0.15) is 11.1 Å². The Kier molecular flexibility index (Phi) is 3.61. The molecule has 94 valence electrons. The molecule has 1 N–H and O–H groups in total. The number of ether oxygens (including phenoxy) is 1. The van der Waals surface area contributed by atoms with Crippen LogP contribution < -0.4 is 5.32 Å². The molecule has 3 nitrogen and oxygen atoms in total. The van der Waals surface area contributed by atoms with E-state index in [0.29, 0.717) is 0 Å². The molecule has 0 aliphatic carbocycles. The Balaban J connectivity index is 1.87. The molecular formula is C13H13ClN2OS. The van der Waals surface area contributed by atoms with Crippen molar-refractivity contribution in [3.05, 3.63) is 39.7 Å². The van der Waals surface area contributed by atoms with E-state index in [9.17, 15) is 0 Å². The number of thiazole rings is 1. The van der Waals surface area contributed by atoms with Crippen LogP contribution in [-0.2, 0) is 4.74 Å². The summed E-state index contributed by atoms with van der Waals surface area (Å²) in [6.45, 7) is 2.49. The van der Waals surface area contributed by atoms with Crippen LogP contribution in [0.3, 0.4) is 0 Å². The Bertz CT molecular complexity index is 537. The minimum Gasteiger partial charge on any atom is -0.368 e. The standard InChI is InChI=1S/C13H13ClN2OS/c14-10-4-2-1-3-9(10)11-8-18-13(16-11)12-7-15-5-6-17-12/h1-4,8,12,15H,5-7H2. The molecule has 1 unspecified atom stereocenters. The maximum atomic E-state index is 6.17. The van der Waals surface area contributed by atoms with E-state index in [0.717, 1.165) is 41.0 Å². The van der Waals surface area contributed by atoms with Gasteiger partial charge in [0.1, 0.15) is 11.1 Å². The van der Waals surface area contributed by atoms with Crippen molar-refractivity contribution in [2.75, 3.05) is 19.7 Å². The van der Waals surface area contributed by atoms with Crippen molar-refractivity contribution in [2.24, 2.45) is 0 Å². The minimum absolute atomic E-state index is 0.0694. The van der Waals surface area contributed by atoms with Gasteiger partial charge in [-0.05, 0) is 6.07 Å². The first-order valence-electron chi connectivity index (χ1n) is 5.87. The summed E-state index contributed by atoms with van der Waals surface area (Å²) in [5, 5.41) is 7.09. The second-order valence-electron chi connectivity index (χ2n) is 4.11. The highest BCUT2D eigenvalue weighted by Gasteiger charge is 2.19. The predicted molar refractivity (Wildman–Crippen MR) is 74.1 cm³/mol. The third-order valence-corrected chi connectivity index (χ3v) is 4.14. The second-order valence-corrected chi connectivity index (χ2v) is 5.41. The molecule has 0 bridgehead atoms. The largest absolute Gasteiger partial charge is 0.368 e. The van der Waals surface area contributed by atoms with Crippen LogP contribution in [0.2, 0.25) is 5.02 Å². The summed E-state index contributed by atoms with van der Waals surface area (Å²) < 4.78 is 5.70. The van der Waals surface area contributed by atoms with Crippen LogP contribution in [-0.4, -0.2) is 24.7 Å². The molecule has 1 aromatic heterocycles. The molecule has 1 aliphatic heterocycles. The average molecular weight is 281 g/mol. The molecule has 0 amide bonds. The van der Waals surface area contributed by atoms with Crippen LogP contribution >= 0.6 is 22.9 Å². The van der Waals surface area contributed by atoms with E-state index in [2.05, 4.69) is 10.3 Å². The molecule has 0 spiro atoms. The Morgan fingerprint density at radius 2 is 2.28 bits per heavy atom. The fraction of sp³-hybridized carbons (Fsp3) is 0.308. The van der Waals surface area contributed by atoms with Crippen molar-refractivity contribution < 1.29 is 4.74 Å². The van der Waals surface area contributed by atoms with Gasteiger partial charge in [0.2, 0.25) is 0 Å². The van der Waals surface area contributed by atoms with Gasteiger partial charge in [0.25, 0.3) is 0 Å². The van der Waals surface area contributed by atoms with Gasteiger partial charge >= 0.3 is 0 Å². The van der Waals surface area contributed by atoms with Crippen molar-refractivity contribution in [3.8, 4) is 11.3 Å². The van der Waals surface area contributed by atoms with Crippen molar-refractivity contribution in [1.29, 1.82) is 0 Å². The molecular weight excluding hydrogens is 268 g/mol. The van der Waals surface area contributed by atoms with Crippen LogP contribution in [0.25, 0.3) is 11.3 Å². The summed E-state index contributed by atoms with van der Waals surface area (Å²) in [5.74, 6) is 0. The Labute approximate surface area is 115 Å². The van der Waals surface area contributed by atoms with Gasteiger partial charge in [0.15, 0.2) is 0 Å². The molecule has 0 radical (unpaired) electrons. The normalized spacial score (nSPS) is 19.9. The highest BCUT2D eigenvalue weighted by molar-refractivity contribution is 7.10. The van der Waals surface area contributed by atoms with Crippen LogP contribution in [0, 0.1) is 0 Å². The number of halogens is 1. The highest BCUT2D eigenvalue weighted by atomic mass is 35.5. The van der Waals surface area contributed by atoms with Gasteiger partial charge in [-0.1, -0.05) is 29.8 Å². The smallest absolute Gasteiger partial charge is 0.124 e. The summed E-state index contributed by atoms with van der Waals surface area (Å²) >= 11 is 7.80. The molecule has 2 aromatic rings. The minimum atomic E-state index is 0.0694. The summed E-state index contributed by atoms with van der Waals surface area (Å²) in [6.07, 6.45) is 0.0694.